The van der Waals surface area contributed by atoms with Crippen LogP contribution >= 0.6 is 11.3 Å². The molecule has 0 aliphatic rings. The first-order chi connectivity index (χ1) is 14.6. The van der Waals surface area contributed by atoms with Crippen LogP contribution in [0, 0.1) is 21.4 Å². The number of non-ortho nitro benzene ring substituents is 1. The summed E-state index contributed by atoms with van der Waals surface area (Å²) in [5.74, 6) is 1.09. The second-order valence-corrected chi connectivity index (χ2v) is 7.19. The maximum atomic E-state index is 11.0. The van der Waals surface area contributed by atoms with Crippen LogP contribution in [0.2, 0.25) is 0 Å². The average Bonchev–Trinajstić information content (AvgIpc) is 3.39. The van der Waals surface area contributed by atoms with Crippen molar-refractivity contribution in [3.63, 3.8) is 0 Å². The Morgan fingerprint density at radius 3 is 2.67 bits per heavy atom. The lowest BCUT2D eigenvalue weighted by Crippen LogP contribution is -1.98. The van der Waals surface area contributed by atoms with Crippen molar-refractivity contribution >= 4 is 28.7 Å². The number of nitro groups is 1. The Morgan fingerprint density at radius 2 is 1.93 bits per heavy atom. The van der Waals surface area contributed by atoms with E-state index in [1.165, 1.54) is 23.5 Å². The molecule has 0 bridgehead atoms. The smallest absolute Gasteiger partial charge is 0.270 e. The predicted octanol–water partition coefficient (Wildman–Crippen LogP) is 4.58. The van der Waals surface area contributed by atoms with E-state index in [2.05, 4.69) is 21.3 Å². The topological polar surface area (TPSA) is 111 Å². The highest BCUT2D eigenvalue weighted by Gasteiger charge is 2.15. The Kier molecular flexibility index (Phi) is 5.15. The maximum absolute atomic E-state index is 11.0. The number of rotatable bonds is 5. The summed E-state index contributed by atoms with van der Waals surface area (Å²) in [6.45, 7) is 0. The second kappa shape index (κ2) is 8.06. The van der Waals surface area contributed by atoms with Crippen molar-refractivity contribution in [3.05, 3.63) is 81.6 Å². The largest absolute Gasteiger partial charge is 0.310 e. The number of nitro benzene ring substituents is 1. The molecule has 9 heteroatoms. The molecule has 0 amide bonds. The monoisotopic (exact) mass is 414 g/mol. The van der Waals surface area contributed by atoms with E-state index in [-0.39, 0.29) is 5.69 Å². The van der Waals surface area contributed by atoms with Crippen molar-refractivity contribution in [2.75, 3.05) is 0 Å². The van der Waals surface area contributed by atoms with Crippen molar-refractivity contribution in [2.45, 2.75) is 0 Å². The third kappa shape index (κ3) is 3.72. The fourth-order valence-electron chi connectivity index (χ4n) is 2.93. The molecule has 0 unspecified atom stereocenters. The van der Waals surface area contributed by atoms with Gasteiger partial charge >= 0.3 is 0 Å². The maximum Gasteiger partial charge on any atom is 0.270 e. The van der Waals surface area contributed by atoms with E-state index in [4.69, 9.17) is 0 Å². The van der Waals surface area contributed by atoms with Crippen LogP contribution in [0.5, 0.6) is 0 Å². The molecule has 0 fully saturated rings. The molecular weight excluding hydrogens is 400 g/mol. The number of aromatic nitrogens is 4. The van der Waals surface area contributed by atoms with Gasteiger partial charge in [0.05, 0.1) is 16.2 Å². The predicted molar refractivity (Wildman–Crippen MR) is 114 cm³/mol. The lowest BCUT2D eigenvalue weighted by Gasteiger charge is -2.02. The van der Waals surface area contributed by atoms with E-state index < -0.39 is 4.92 Å². The SMILES string of the molecule is Cn1c(C(C#N)=Cc2csc(-c3cccc([N+](=O)[O-])c3)n2)nnc1-c1ccccc1. The van der Waals surface area contributed by atoms with Gasteiger partial charge in [0, 0.05) is 35.7 Å². The third-order valence-corrected chi connectivity index (χ3v) is 5.30. The summed E-state index contributed by atoms with van der Waals surface area (Å²) in [6, 6.07) is 18.1. The molecule has 0 saturated carbocycles. The second-order valence-electron chi connectivity index (χ2n) is 6.33. The summed E-state index contributed by atoms with van der Waals surface area (Å²) in [7, 11) is 1.80. The van der Waals surface area contributed by atoms with Crippen molar-refractivity contribution in [3.8, 4) is 28.0 Å². The molecule has 4 rings (SSSR count). The van der Waals surface area contributed by atoms with E-state index in [0.29, 0.717) is 33.5 Å². The van der Waals surface area contributed by atoms with Crippen LogP contribution < -0.4 is 0 Å². The molecule has 2 aromatic heterocycles. The van der Waals surface area contributed by atoms with Gasteiger partial charge in [-0.3, -0.25) is 10.1 Å². The number of nitriles is 1. The Balaban J connectivity index is 1.67. The third-order valence-electron chi connectivity index (χ3n) is 4.39. The van der Waals surface area contributed by atoms with Crippen LogP contribution in [0.4, 0.5) is 5.69 Å². The van der Waals surface area contributed by atoms with Gasteiger partial charge in [0.25, 0.3) is 5.69 Å². The number of allylic oxidation sites excluding steroid dienone is 1. The van der Waals surface area contributed by atoms with E-state index in [0.717, 1.165) is 5.56 Å². The normalized spacial score (nSPS) is 11.3. The molecule has 0 saturated heterocycles. The standard InChI is InChI=1S/C21H14N6O2S/c1-26-19(14-6-3-2-4-7-14)24-25-20(26)16(12-22)10-17-13-30-21(23-17)15-8-5-9-18(11-15)27(28)29/h2-11,13H,1H3. The quantitative estimate of drug-likeness (QED) is 0.268. The van der Waals surface area contributed by atoms with Gasteiger partial charge in [0.1, 0.15) is 11.1 Å². The van der Waals surface area contributed by atoms with Crippen molar-refractivity contribution in [1.29, 1.82) is 5.26 Å². The van der Waals surface area contributed by atoms with Crippen LogP contribution in [0.15, 0.2) is 60.0 Å². The fraction of sp³-hybridized carbons (Fsp3) is 0.0476. The number of nitrogens with zero attached hydrogens (tertiary/aromatic N) is 6. The van der Waals surface area contributed by atoms with Gasteiger partial charge in [0.2, 0.25) is 0 Å². The highest BCUT2D eigenvalue weighted by atomic mass is 32.1. The van der Waals surface area contributed by atoms with Crippen molar-refractivity contribution in [1.82, 2.24) is 19.7 Å². The summed E-state index contributed by atoms with van der Waals surface area (Å²) in [4.78, 5) is 15.1. The summed E-state index contributed by atoms with van der Waals surface area (Å²) in [5.41, 5.74) is 2.45. The van der Waals surface area contributed by atoms with E-state index in [1.54, 1.807) is 35.2 Å². The van der Waals surface area contributed by atoms with E-state index in [9.17, 15) is 15.4 Å². The average molecular weight is 414 g/mol. The molecule has 2 heterocycles. The number of benzene rings is 2. The van der Waals surface area contributed by atoms with Crippen LogP contribution in [0.3, 0.4) is 0 Å². The first-order valence-electron chi connectivity index (χ1n) is 8.84. The fourth-order valence-corrected chi connectivity index (χ4v) is 3.71. The Bertz CT molecular complexity index is 1300. The highest BCUT2D eigenvalue weighted by molar-refractivity contribution is 7.13. The molecule has 0 spiro atoms. The first kappa shape index (κ1) is 19.2. The summed E-state index contributed by atoms with van der Waals surface area (Å²) in [6.07, 6.45) is 1.64. The molecule has 0 atom stereocenters. The minimum atomic E-state index is -0.440. The molecule has 30 heavy (non-hydrogen) atoms. The van der Waals surface area contributed by atoms with E-state index >= 15 is 0 Å². The molecule has 8 nitrogen and oxygen atoms in total. The molecule has 146 valence electrons. The van der Waals surface area contributed by atoms with Crippen LogP contribution in [-0.2, 0) is 7.05 Å². The van der Waals surface area contributed by atoms with Gasteiger partial charge in [-0.2, -0.15) is 5.26 Å². The van der Waals surface area contributed by atoms with Crippen molar-refractivity contribution in [2.24, 2.45) is 7.05 Å². The lowest BCUT2D eigenvalue weighted by molar-refractivity contribution is -0.384. The van der Waals surface area contributed by atoms with E-state index in [1.807, 2.05) is 30.3 Å². The molecule has 0 aliphatic heterocycles. The van der Waals surface area contributed by atoms with Crippen LogP contribution in [0.25, 0.3) is 33.6 Å². The molecular formula is C21H14N6O2S. The highest BCUT2D eigenvalue weighted by Crippen LogP contribution is 2.28. The Labute approximate surface area is 175 Å². The molecule has 2 aromatic carbocycles. The van der Waals surface area contributed by atoms with Crippen LogP contribution in [-0.4, -0.2) is 24.7 Å². The first-order valence-corrected chi connectivity index (χ1v) is 9.72. The zero-order chi connectivity index (χ0) is 21.1. The van der Waals surface area contributed by atoms with Gasteiger partial charge in [0.15, 0.2) is 11.6 Å². The zero-order valence-corrected chi connectivity index (χ0v) is 16.6. The minimum Gasteiger partial charge on any atom is -0.310 e. The van der Waals surface area contributed by atoms with Gasteiger partial charge in [-0.25, -0.2) is 4.98 Å². The van der Waals surface area contributed by atoms with Gasteiger partial charge in [-0.15, -0.1) is 21.5 Å². The number of hydrogen-bond donors (Lipinski definition) is 0. The molecule has 4 aromatic rings. The summed E-state index contributed by atoms with van der Waals surface area (Å²) < 4.78 is 1.76. The van der Waals surface area contributed by atoms with Gasteiger partial charge in [-0.1, -0.05) is 42.5 Å². The number of hydrogen-bond acceptors (Lipinski definition) is 7. The lowest BCUT2D eigenvalue weighted by atomic mass is 10.2. The van der Waals surface area contributed by atoms with Gasteiger partial charge in [-0.05, 0) is 6.08 Å². The van der Waals surface area contributed by atoms with Crippen LogP contribution in [0.1, 0.15) is 11.5 Å². The molecule has 0 aliphatic carbocycles. The Hall–Kier alpha value is -4.16. The minimum absolute atomic E-state index is 0.00466. The molecule has 0 N–H and O–H groups in total. The van der Waals surface area contributed by atoms with Gasteiger partial charge < -0.3 is 4.57 Å². The van der Waals surface area contributed by atoms with Crippen molar-refractivity contribution < 1.29 is 4.92 Å². The molecule has 0 radical (unpaired) electrons. The Morgan fingerprint density at radius 1 is 1.17 bits per heavy atom. The summed E-state index contributed by atoms with van der Waals surface area (Å²) >= 11 is 1.35. The summed E-state index contributed by atoms with van der Waals surface area (Å²) in [5, 5.41) is 31.5. The number of thiazole rings is 1. The zero-order valence-electron chi connectivity index (χ0n) is 15.8.